The standard InChI is InChI=1S/C9H5F3N2O3S/c1-3-5(18-2-13-3)7-14-6(9(10,11)12)4(17-7)8(15)16/h2H,1H3,(H,15,16). The fourth-order valence-corrected chi connectivity index (χ4v) is 1.99. The number of aryl methyl sites for hydroxylation is 1. The zero-order valence-corrected chi connectivity index (χ0v) is 9.59. The van der Waals surface area contributed by atoms with Gasteiger partial charge >= 0.3 is 12.1 Å². The summed E-state index contributed by atoms with van der Waals surface area (Å²) >= 11 is 1.02. The number of aromatic nitrogens is 2. The molecule has 0 spiro atoms. The Morgan fingerprint density at radius 1 is 1.50 bits per heavy atom. The molecule has 2 aromatic heterocycles. The Bertz CT molecular complexity index is 602. The molecule has 0 aromatic carbocycles. The molecule has 0 fully saturated rings. The van der Waals surface area contributed by atoms with Crippen molar-refractivity contribution in [3.8, 4) is 10.8 Å². The number of halogens is 3. The second kappa shape index (κ2) is 4.09. The molecule has 9 heteroatoms. The number of carboxylic acid groups (broad SMARTS) is 1. The maximum atomic E-state index is 12.6. The van der Waals surface area contributed by atoms with Crippen LogP contribution in [-0.4, -0.2) is 21.0 Å². The van der Waals surface area contributed by atoms with Crippen molar-refractivity contribution in [2.24, 2.45) is 0 Å². The number of nitrogens with zero attached hydrogens (tertiary/aromatic N) is 2. The van der Waals surface area contributed by atoms with Crippen molar-refractivity contribution in [3.05, 3.63) is 22.7 Å². The second-order valence-corrected chi connectivity index (χ2v) is 4.12. The summed E-state index contributed by atoms with van der Waals surface area (Å²) in [6, 6.07) is 0. The molecule has 0 aliphatic heterocycles. The number of thiazole rings is 1. The monoisotopic (exact) mass is 278 g/mol. The third-order valence-corrected chi connectivity index (χ3v) is 2.95. The number of hydrogen-bond donors (Lipinski definition) is 1. The highest BCUT2D eigenvalue weighted by Crippen LogP contribution is 2.36. The van der Waals surface area contributed by atoms with Crippen molar-refractivity contribution in [2.45, 2.75) is 13.1 Å². The van der Waals surface area contributed by atoms with Crippen LogP contribution in [0.15, 0.2) is 9.93 Å². The van der Waals surface area contributed by atoms with Crippen LogP contribution in [0.1, 0.15) is 21.9 Å². The van der Waals surface area contributed by atoms with Crippen LogP contribution >= 0.6 is 11.3 Å². The van der Waals surface area contributed by atoms with E-state index >= 15 is 0 Å². The van der Waals surface area contributed by atoms with Gasteiger partial charge in [0.2, 0.25) is 11.7 Å². The normalized spacial score (nSPS) is 11.8. The molecule has 0 amide bonds. The summed E-state index contributed by atoms with van der Waals surface area (Å²) in [6.07, 6.45) is -4.88. The van der Waals surface area contributed by atoms with Crippen molar-refractivity contribution < 1.29 is 27.5 Å². The summed E-state index contributed by atoms with van der Waals surface area (Å²) in [5, 5.41) is 8.66. The lowest BCUT2D eigenvalue weighted by Gasteiger charge is -2.00. The molecule has 1 N–H and O–H groups in total. The lowest BCUT2D eigenvalue weighted by molar-refractivity contribution is -0.141. The lowest BCUT2D eigenvalue weighted by atomic mass is 10.3. The van der Waals surface area contributed by atoms with E-state index in [1.807, 2.05) is 0 Å². The van der Waals surface area contributed by atoms with E-state index in [9.17, 15) is 18.0 Å². The Morgan fingerprint density at radius 3 is 2.56 bits per heavy atom. The molecule has 0 unspecified atom stereocenters. The average molecular weight is 278 g/mol. The topological polar surface area (TPSA) is 76.2 Å². The third kappa shape index (κ3) is 2.08. The van der Waals surface area contributed by atoms with Gasteiger partial charge in [0, 0.05) is 0 Å². The smallest absolute Gasteiger partial charge is 0.437 e. The molecule has 2 rings (SSSR count). The maximum Gasteiger partial charge on any atom is 0.437 e. The van der Waals surface area contributed by atoms with Crippen LogP contribution in [0.25, 0.3) is 10.8 Å². The van der Waals surface area contributed by atoms with Gasteiger partial charge in [-0.3, -0.25) is 0 Å². The van der Waals surface area contributed by atoms with Crippen LogP contribution in [0, 0.1) is 6.92 Å². The van der Waals surface area contributed by atoms with Crippen molar-refractivity contribution in [2.75, 3.05) is 0 Å². The Labute approximate surface area is 102 Å². The summed E-state index contributed by atoms with van der Waals surface area (Å²) in [6.45, 7) is 1.56. The van der Waals surface area contributed by atoms with Gasteiger partial charge in [0.25, 0.3) is 0 Å². The molecule has 18 heavy (non-hydrogen) atoms. The number of aromatic carboxylic acids is 1. The van der Waals surface area contributed by atoms with Crippen molar-refractivity contribution in [1.82, 2.24) is 9.97 Å². The van der Waals surface area contributed by atoms with Crippen LogP contribution < -0.4 is 0 Å². The van der Waals surface area contributed by atoms with Gasteiger partial charge in [-0.15, -0.1) is 11.3 Å². The highest BCUT2D eigenvalue weighted by Gasteiger charge is 2.41. The van der Waals surface area contributed by atoms with Crippen LogP contribution in [0.2, 0.25) is 0 Å². The predicted octanol–water partition coefficient (Wildman–Crippen LogP) is 2.82. The van der Waals surface area contributed by atoms with Gasteiger partial charge in [0.05, 0.1) is 11.2 Å². The van der Waals surface area contributed by atoms with Crippen LogP contribution in [0.3, 0.4) is 0 Å². The molecule has 0 radical (unpaired) electrons. The van der Waals surface area contributed by atoms with Gasteiger partial charge in [-0.1, -0.05) is 0 Å². The quantitative estimate of drug-likeness (QED) is 0.914. The molecule has 2 aromatic rings. The molecule has 0 aliphatic carbocycles. The van der Waals surface area contributed by atoms with Gasteiger partial charge in [0.1, 0.15) is 4.88 Å². The molecule has 0 saturated heterocycles. The molecule has 0 saturated carbocycles. The molecular formula is C9H5F3N2O3S. The summed E-state index contributed by atoms with van der Waals surface area (Å²) in [5.74, 6) is -3.42. The molecule has 2 heterocycles. The van der Waals surface area contributed by atoms with Gasteiger partial charge in [-0.05, 0) is 6.92 Å². The average Bonchev–Trinajstić information content (AvgIpc) is 2.81. The van der Waals surface area contributed by atoms with E-state index in [0.717, 1.165) is 11.3 Å². The first-order valence-corrected chi connectivity index (χ1v) is 5.40. The summed E-state index contributed by atoms with van der Waals surface area (Å²) in [7, 11) is 0. The Hall–Kier alpha value is -1.90. The van der Waals surface area contributed by atoms with Crippen LogP contribution in [0.5, 0.6) is 0 Å². The van der Waals surface area contributed by atoms with Crippen LogP contribution in [0.4, 0.5) is 13.2 Å². The predicted molar refractivity (Wildman–Crippen MR) is 54.3 cm³/mol. The molecule has 5 nitrogen and oxygen atoms in total. The Morgan fingerprint density at radius 2 is 2.17 bits per heavy atom. The van der Waals surface area contributed by atoms with E-state index in [0.29, 0.717) is 5.69 Å². The maximum absolute atomic E-state index is 12.6. The van der Waals surface area contributed by atoms with Gasteiger partial charge < -0.3 is 9.52 Å². The van der Waals surface area contributed by atoms with Crippen molar-refractivity contribution >= 4 is 17.3 Å². The van der Waals surface area contributed by atoms with E-state index in [-0.39, 0.29) is 10.8 Å². The number of alkyl halides is 3. The number of carboxylic acids is 1. The number of rotatable bonds is 2. The number of carbonyl (C=O) groups is 1. The first kappa shape index (κ1) is 12.6. The zero-order chi connectivity index (χ0) is 13.5. The highest BCUT2D eigenvalue weighted by molar-refractivity contribution is 7.13. The van der Waals surface area contributed by atoms with E-state index in [4.69, 9.17) is 5.11 Å². The van der Waals surface area contributed by atoms with E-state index < -0.39 is 23.6 Å². The first-order chi connectivity index (χ1) is 8.30. The number of oxazole rings is 1. The summed E-state index contributed by atoms with van der Waals surface area (Å²) in [4.78, 5) is 18.0. The lowest BCUT2D eigenvalue weighted by Crippen LogP contribution is -2.11. The Kier molecular flexibility index (Phi) is 2.85. The highest BCUT2D eigenvalue weighted by atomic mass is 32.1. The SMILES string of the molecule is Cc1ncsc1-c1nc(C(F)(F)F)c(C(=O)O)o1. The summed E-state index contributed by atoms with van der Waals surface area (Å²) < 4.78 is 42.4. The molecule has 0 atom stereocenters. The summed E-state index contributed by atoms with van der Waals surface area (Å²) in [5.41, 5.74) is 0.285. The molecular weight excluding hydrogens is 273 g/mol. The molecule has 0 bridgehead atoms. The number of hydrogen-bond acceptors (Lipinski definition) is 5. The zero-order valence-electron chi connectivity index (χ0n) is 8.78. The largest absolute Gasteiger partial charge is 0.475 e. The minimum Gasteiger partial charge on any atom is -0.475 e. The minimum absolute atomic E-state index is 0.271. The van der Waals surface area contributed by atoms with Crippen molar-refractivity contribution in [3.63, 3.8) is 0 Å². The fourth-order valence-electron chi connectivity index (χ4n) is 1.26. The Balaban J connectivity index is 2.60. The molecule has 96 valence electrons. The van der Waals surface area contributed by atoms with Gasteiger partial charge in [-0.25, -0.2) is 14.8 Å². The van der Waals surface area contributed by atoms with Crippen molar-refractivity contribution in [1.29, 1.82) is 0 Å². The second-order valence-electron chi connectivity index (χ2n) is 3.27. The molecule has 0 aliphatic rings. The van der Waals surface area contributed by atoms with E-state index in [1.54, 1.807) is 6.92 Å². The van der Waals surface area contributed by atoms with E-state index in [2.05, 4.69) is 14.4 Å². The third-order valence-electron chi connectivity index (χ3n) is 2.03. The fraction of sp³-hybridized carbons (Fsp3) is 0.222. The minimum atomic E-state index is -4.88. The van der Waals surface area contributed by atoms with Crippen LogP contribution in [-0.2, 0) is 6.18 Å². The van der Waals surface area contributed by atoms with E-state index in [1.165, 1.54) is 5.51 Å². The van der Waals surface area contributed by atoms with Gasteiger partial charge in [0.15, 0.2) is 5.69 Å². The van der Waals surface area contributed by atoms with Gasteiger partial charge in [-0.2, -0.15) is 13.2 Å². The first-order valence-electron chi connectivity index (χ1n) is 4.52.